The van der Waals surface area contributed by atoms with Crippen LogP contribution in [0.25, 0.3) is 0 Å². The Morgan fingerprint density at radius 3 is 2.05 bits per heavy atom. The van der Waals surface area contributed by atoms with Crippen LogP contribution in [-0.4, -0.2) is 79.0 Å². The number of aliphatic hydroxyl groups is 5. The highest BCUT2D eigenvalue weighted by atomic mass is 16.9. The molecule has 0 fully saturated rings. The Labute approximate surface area is 112 Å². The number of nitrogens with two attached hydrogens (primary N) is 2. The van der Waals surface area contributed by atoms with Crippen LogP contribution in [0.15, 0.2) is 10.2 Å². The van der Waals surface area contributed by atoms with Crippen LogP contribution in [0, 0.1) is 10.1 Å². The normalized spacial score (nSPS) is 16.4. The lowest BCUT2D eigenvalue weighted by Gasteiger charge is -2.23. The molecular formula is C7H17N5O8. The van der Waals surface area contributed by atoms with E-state index in [9.17, 15) is 15.3 Å². The average Bonchev–Trinajstić information content (AvgIpc) is 2.34. The Morgan fingerprint density at radius 1 is 1.25 bits per heavy atom. The molecule has 0 rings (SSSR count). The first-order valence-electron chi connectivity index (χ1n) is 4.91. The van der Waals surface area contributed by atoms with Crippen LogP contribution in [0.3, 0.4) is 0 Å². The van der Waals surface area contributed by atoms with E-state index in [1.54, 1.807) is 0 Å². The lowest BCUT2D eigenvalue weighted by atomic mass is 10.0. The van der Waals surface area contributed by atoms with E-state index in [4.69, 9.17) is 37.0 Å². The molecule has 0 amide bonds. The van der Waals surface area contributed by atoms with Crippen LogP contribution >= 0.6 is 0 Å². The first-order chi connectivity index (χ1) is 9.13. The van der Waals surface area contributed by atoms with Crippen molar-refractivity contribution >= 4 is 12.2 Å². The summed E-state index contributed by atoms with van der Waals surface area (Å²) < 4.78 is 0. The second-order valence-corrected chi connectivity index (χ2v) is 3.25. The zero-order valence-corrected chi connectivity index (χ0v) is 10.1. The minimum absolute atomic E-state index is 0.339. The maximum absolute atomic E-state index is 9.28. The smallest absolute Gasteiger partial charge is 0.291 e. The van der Waals surface area contributed by atoms with Crippen LogP contribution < -0.4 is 11.5 Å². The third-order valence-corrected chi connectivity index (χ3v) is 1.67. The average molecular weight is 299 g/mol. The molecule has 0 bridgehead atoms. The summed E-state index contributed by atoms with van der Waals surface area (Å²) in [5.41, 5.74) is 9.86. The number of aliphatic hydroxyl groups excluding tert-OH is 5. The molecule has 0 aromatic carbocycles. The van der Waals surface area contributed by atoms with Crippen LogP contribution in [0.4, 0.5) is 0 Å². The number of hydrogen-bond donors (Lipinski definition) is 8. The van der Waals surface area contributed by atoms with Crippen molar-refractivity contribution < 1.29 is 35.8 Å². The third-order valence-electron chi connectivity index (χ3n) is 1.67. The van der Waals surface area contributed by atoms with E-state index in [1.807, 2.05) is 0 Å². The van der Waals surface area contributed by atoms with E-state index in [0.29, 0.717) is 0 Å². The Kier molecular flexibility index (Phi) is 11.0. The van der Waals surface area contributed by atoms with Gasteiger partial charge in [-0.2, -0.15) is 5.10 Å². The number of guanidine groups is 1. The molecule has 0 saturated heterocycles. The van der Waals surface area contributed by atoms with Gasteiger partial charge in [0.05, 0.1) is 12.8 Å². The second kappa shape index (κ2) is 10.8. The van der Waals surface area contributed by atoms with Crippen molar-refractivity contribution in [3.8, 4) is 0 Å². The topological polar surface area (TPSA) is 241 Å². The predicted molar refractivity (Wildman–Crippen MR) is 64.2 cm³/mol. The van der Waals surface area contributed by atoms with Gasteiger partial charge >= 0.3 is 0 Å². The van der Waals surface area contributed by atoms with E-state index in [2.05, 4.69) is 10.2 Å². The Bertz CT molecular complexity index is 329. The molecule has 0 saturated carbocycles. The summed E-state index contributed by atoms with van der Waals surface area (Å²) in [6.45, 7) is -0.754. The van der Waals surface area contributed by atoms with Gasteiger partial charge in [-0.1, -0.05) is 0 Å². The SMILES string of the molecule is NC(N)=N/N=C/C(O)C(O)C(O)C(O)CO.O=[N+]([O-])O. The molecule has 0 aliphatic heterocycles. The Balaban J connectivity index is 0. The fourth-order valence-electron chi connectivity index (χ4n) is 0.794. The van der Waals surface area contributed by atoms with Gasteiger partial charge in [0.1, 0.15) is 24.4 Å². The molecule has 4 atom stereocenters. The molecular weight excluding hydrogens is 282 g/mol. The van der Waals surface area contributed by atoms with Crippen LogP contribution in [0.2, 0.25) is 0 Å². The Hall–Kier alpha value is -2.06. The molecule has 10 N–H and O–H groups in total. The van der Waals surface area contributed by atoms with E-state index < -0.39 is 36.1 Å². The van der Waals surface area contributed by atoms with Crippen molar-refractivity contribution in [1.29, 1.82) is 0 Å². The van der Waals surface area contributed by atoms with Crippen molar-refractivity contribution in [2.75, 3.05) is 6.61 Å². The van der Waals surface area contributed by atoms with Gasteiger partial charge in [0, 0.05) is 0 Å². The molecule has 0 heterocycles. The minimum Gasteiger partial charge on any atom is -0.394 e. The molecule has 13 nitrogen and oxygen atoms in total. The molecule has 0 aliphatic carbocycles. The standard InChI is InChI=1S/C7H16N4O5.HNO3/c8-7(9)11-10-1-3(13)5(15)6(16)4(14)2-12;2-1(3)4/h1,3-6,12-16H,2H2,(H4,8,9,11);(H,2,3,4)/b10-1+;. The summed E-state index contributed by atoms with van der Waals surface area (Å²) in [4.78, 5) is 8.36. The number of rotatable bonds is 6. The molecule has 20 heavy (non-hydrogen) atoms. The van der Waals surface area contributed by atoms with Gasteiger partial charge in [-0.15, -0.1) is 15.2 Å². The van der Waals surface area contributed by atoms with Gasteiger partial charge in [0.25, 0.3) is 5.09 Å². The molecule has 0 radical (unpaired) electrons. The van der Waals surface area contributed by atoms with Crippen molar-refractivity contribution in [3.63, 3.8) is 0 Å². The zero-order valence-electron chi connectivity index (χ0n) is 10.1. The van der Waals surface area contributed by atoms with E-state index in [1.165, 1.54) is 0 Å². The molecule has 0 spiro atoms. The third kappa shape index (κ3) is 11.1. The quantitative estimate of drug-likeness (QED) is 0.101. The molecule has 4 unspecified atom stereocenters. The second-order valence-electron chi connectivity index (χ2n) is 3.25. The highest BCUT2D eigenvalue weighted by molar-refractivity contribution is 5.76. The largest absolute Gasteiger partial charge is 0.394 e. The predicted octanol–water partition coefficient (Wildman–Crippen LogP) is -4.67. The van der Waals surface area contributed by atoms with Crippen molar-refractivity contribution in [2.45, 2.75) is 24.4 Å². The highest BCUT2D eigenvalue weighted by Crippen LogP contribution is 2.03. The van der Waals surface area contributed by atoms with E-state index in [-0.39, 0.29) is 5.96 Å². The Morgan fingerprint density at radius 2 is 1.70 bits per heavy atom. The fraction of sp³-hybridized carbons (Fsp3) is 0.714. The van der Waals surface area contributed by atoms with E-state index in [0.717, 1.165) is 6.21 Å². The minimum atomic E-state index is -1.72. The fourth-order valence-corrected chi connectivity index (χ4v) is 0.794. The van der Waals surface area contributed by atoms with Gasteiger partial charge in [0.2, 0.25) is 5.96 Å². The maximum Gasteiger partial charge on any atom is 0.291 e. The summed E-state index contributed by atoms with van der Waals surface area (Å²) >= 11 is 0. The molecule has 0 aromatic rings. The lowest BCUT2D eigenvalue weighted by molar-refractivity contribution is -0.742. The molecule has 118 valence electrons. The molecule has 0 aromatic heterocycles. The highest BCUT2D eigenvalue weighted by Gasteiger charge is 2.29. The van der Waals surface area contributed by atoms with Gasteiger partial charge < -0.3 is 42.2 Å². The summed E-state index contributed by atoms with van der Waals surface area (Å²) in [5, 5.41) is 65.2. The van der Waals surface area contributed by atoms with Crippen molar-refractivity contribution in [1.82, 2.24) is 0 Å². The maximum atomic E-state index is 9.28. The summed E-state index contributed by atoms with van der Waals surface area (Å²) in [6.07, 6.45) is -5.82. The van der Waals surface area contributed by atoms with Gasteiger partial charge in [-0.3, -0.25) is 0 Å². The summed E-state index contributed by atoms with van der Waals surface area (Å²) in [6, 6.07) is 0. The summed E-state index contributed by atoms with van der Waals surface area (Å²) in [5.74, 6) is -0.339. The number of nitrogens with zero attached hydrogens (tertiary/aromatic N) is 3. The van der Waals surface area contributed by atoms with Gasteiger partial charge in [-0.05, 0) is 0 Å². The molecule has 0 aliphatic rings. The van der Waals surface area contributed by atoms with Crippen LogP contribution in [0.5, 0.6) is 0 Å². The lowest BCUT2D eigenvalue weighted by Crippen LogP contribution is -2.46. The first kappa shape index (κ1) is 20.3. The van der Waals surface area contributed by atoms with Gasteiger partial charge in [-0.25, -0.2) is 0 Å². The van der Waals surface area contributed by atoms with E-state index >= 15 is 0 Å². The van der Waals surface area contributed by atoms with Gasteiger partial charge in [0.15, 0.2) is 0 Å². The zero-order chi connectivity index (χ0) is 16.3. The number of hydrogen-bond acceptors (Lipinski definition) is 9. The van der Waals surface area contributed by atoms with Crippen molar-refractivity contribution in [3.05, 3.63) is 10.1 Å². The first-order valence-corrected chi connectivity index (χ1v) is 4.91. The van der Waals surface area contributed by atoms with Crippen LogP contribution in [-0.2, 0) is 0 Å². The van der Waals surface area contributed by atoms with Crippen molar-refractivity contribution in [2.24, 2.45) is 21.7 Å². The summed E-state index contributed by atoms with van der Waals surface area (Å²) in [7, 11) is 0. The van der Waals surface area contributed by atoms with Crippen LogP contribution in [0.1, 0.15) is 0 Å². The monoisotopic (exact) mass is 299 g/mol. The molecule has 13 heteroatoms.